The fourth-order valence-corrected chi connectivity index (χ4v) is 5.28. The zero-order chi connectivity index (χ0) is 21.1. The van der Waals surface area contributed by atoms with Crippen molar-refractivity contribution in [3.8, 4) is 0 Å². The van der Waals surface area contributed by atoms with Crippen molar-refractivity contribution in [2.45, 2.75) is 108 Å². The van der Waals surface area contributed by atoms with Gasteiger partial charge < -0.3 is 9.47 Å². The maximum atomic E-state index is 6.32. The predicted octanol–water partition coefficient (Wildman–Crippen LogP) is 7.30. The van der Waals surface area contributed by atoms with Gasteiger partial charge in [0.1, 0.15) is 0 Å². The lowest BCUT2D eigenvalue weighted by Crippen LogP contribution is -2.12. The first kappa shape index (κ1) is 22.6. The molecule has 2 aromatic rings. The number of ether oxygens (including phenoxy) is 2. The Balaban J connectivity index is 1.01. The summed E-state index contributed by atoms with van der Waals surface area (Å²) >= 11 is 0. The molecule has 0 N–H and O–H groups in total. The molecule has 0 spiro atoms. The van der Waals surface area contributed by atoms with Gasteiger partial charge in [0.05, 0.1) is 24.4 Å². The molecule has 168 valence electrons. The van der Waals surface area contributed by atoms with E-state index in [1.807, 2.05) is 0 Å². The normalized spacial score (nSPS) is 25.8. The van der Waals surface area contributed by atoms with Crippen LogP contribution in [0, 0.1) is 0 Å². The molecule has 4 rings (SSSR count). The Morgan fingerprint density at radius 1 is 0.484 bits per heavy atom. The summed E-state index contributed by atoms with van der Waals surface area (Å²) in [6.45, 7) is 0. The van der Waals surface area contributed by atoms with Gasteiger partial charge in [-0.3, -0.25) is 0 Å². The van der Waals surface area contributed by atoms with E-state index < -0.39 is 0 Å². The number of rotatable bonds is 12. The predicted molar refractivity (Wildman–Crippen MR) is 128 cm³/mol. The van der Waals surface area contributed by atoms with Crippen LogP contribution in [-0.4, -0.2) is 24.4 Å². The molecule has 2 fully saturated rings. The Kier molecular flexibility index (Phi) is 9.03. The summed E-state index contributed by atoms with van der Waals surface area (Å²) in [4.78, 5) is 0. The summed E-state index contributed by atoms with van der Waals surface area (Å²) in [5.74, 6) is 0. The summed E-state index contributed by atoms with van der Waals surface area (Å²) in [7, 11) is 0. The summed E-state index contributed by atoms with van der Waals surface area (Å²) in [6.07, 6.45) is 18.0. The number of benzene rings is 2. The minimum atomic E-state index is 0.477. The quantitative estimate of drug-likeness (QED) is 0.335. The third-order valence-corrected chi connectivity index (χ3v) is 7.14. The van der Waals surface area contributed by atoms with Crippen LogP contribution in [0.5, 0.6) is 0 Å². The summed E-state index contributed by atoms with van der Waals surface area (Å²) in [6, 6.07) is 21.6. The molecule has 2 aromatic carbocycles. The lowest BCUT2D eigenvalue weighted by Gasteiger charge is -2.15. The van der Waals surface area contributed by atoms with Gasteiger partial charge in [0.15, 0.2) is 0 Å². The van der Waals surface area contributed by atoms with Crippen molar-refractivity contribution in [1.82, 2.24) is 0 Å². The first-order valence-corrected chi connectivity index (χ1v) is 12.7. The molecule has 2 saturated heterocycles. The molecule has 2 heterocycles. The van der Waals surface area contributed by atoms with Crippen LogP contribution in [0.2, 0.25) is 0 Å². The molecule has 0 saturated carbocycles. The SMILES string of the molecule is c1ccc(CCC2CCC(CCCCCC3CCC(CCc4ccccc4)O3)O2)cc1. The molecule has 0 amide bonds. The van der Waals surface area contributed by atoms with Crippen LogP contribution in [0.1, 0.15) is 81.8 Å². The average Bonchev–Trinajstić information content (AvgIpc) is 3.47. The van der Waals surface area contributed by atoms with Crippen molar-refractivity contribution in [1.29, 1.82) is 0 Å². The monoisotopic (exact) mass is 420 g/mol. The van der Waals surface area contributed by atoms with Crippen molar-refractivity contribution >= 4 is 0 Å². The van der Waals surface area contributed by atoms with E-state index in [0.29, 0.717) is 24.4 Å². The highest BCUT2D eigenvalue weighted by Gasteiger charge is 2.26. The van der Waals surface area contributed by atoms with Crippen molar-refractivity contribution in [3.63, 3.8) is 0 Å². The number of hydrogen-bond acceptors (Lipinski definition) is 2. The zero-order valence-corrected chi connectivity index (χ0v) is 19.1. The molecule has 4 atom stereocenters. The molecule has 0 aliphatic carbocycles. The van der Waals surface area contributed by atoms with Gasteiger partial charge in [0, 0.05) is 0 Å². The minimum absolute atomic E-state index is 0.477. The van der Waals surface area contributed by atoms with Crippen LogP contribution < -0.4 is 0 Å². The van der Waals surface area contributed by atoms with Gasteiger partial charge in [-0.1, -0.05) is 79.9 Å². The van der Waals surface area contributed by atoms with Crippen LogP contribution in [0.15, 0.2) is 60.7 Å². The molecule has 2 aliphatic rings. The molecular formula is C29H40O2. The molecule has 4 unspecified atom stereocenters. The lowest BCUT2D eigenvalue weighted by molar-refractivity contribution is 0.0313. The molecular weight excluding hydrogens is 380 g/mol. The number of hydrogen-bond donors (Lipinski definition) is 0. The van der Waals surface area contributed by atoms with Crippen LogP contribution in [0.3, 0.4) is 0 Å². The van der Waals surface area contributed by atoms with E-state index in [-0.39, 0.29) is 0 Å². The Bertz CT molecular complexity index is 665. The second-order valence-corrected chi connectivity index (χ2v) is 9.60. The van der Waals surface area contributed by atoms with Gasteiger partial charge in [-0.25, -0.2) is 0 Å². The van der Waals surface area contributed by atoms with Gasteiger partial charge in [-0.2, -0.15) is 0 Å². The van der Waals surface area contributed by atoms with Crippen LogP contribution in [0.25, 0.3) is 0 Å². The molecule has 2 heteroatoms. The summed E-state index contributed by atoms with van der Waals surface area (Å²) in [5.41, 5.74) is 2.87. The fraction of sp³-hybridized carbons (Fsp3) is 0.586. The third kappa shape index (κ3) is 7.77. The van der Waals surface area contributed by atoms with Gasteiger partial charge in [-0.15, -0.1) is 0 Å². The van der Waals surface area contributed by atoms with Crippen molar-refractivity contribution in [2.24, 2.45) is 0 Å². The van der Waals surface area contributed by atoms with Gasteiger partial charge in [-0.05, 0) is 75.3 Å². The summed E-state index contributed by atoms with van der Waals surface area (Å²) in [5, 5.41) is 0. The second kappa shape index (κ2) is 12.4. The highest BCUT2D eigenvalue weighted by Crippen LogP contribution is 2.29. The van der Waals surface area contributed by atoms with E-state index in [0.717, 1.165) is 12.8 Å². The highest BCUT2D eigenvalue weighted by atomic mass is 16.5. The summed E-state index contributed by atoms with van der Waals surface area (Å²) < 4.78 is 12.6. The number of unbranched alkanes of at least 4 members (excludes halogenated alkanes) is 2. The first-order valence-electron chi connectivity index (χ1n) is 12.7. The Labute approximate surface area is 189 Å². The third-order valence-electron chi connectivity index (χ3n) is 7.14. The molecule has 2 aliphatic heterocycles. The highest BCUT2D eigenvalue weighted by molar-refractivity contribution is 5.15. The molecule has 2 nitrogen and oxygen atoms in total. The first-order chi connectivity index (χ1) is 15.3. The van der Waals surface area contributed by atoms with Crippen LogP contribution in [-0.2, 0) is 22.3 Å². The maximum absolute atomic E-state index is 6.32. The molecule has 0 bridgehead atoms. The van der Waals surface area contributed by atoms with E-state index in [4.69, 9.17) is 9.47 Å². The van der Waals surface area contributed by atoms with Crippen molar-refractivity contribution in [3.05, 3.63) is 71.8 Å². The standard InChI is InChI=1S/C29H40O2/c1-4-10-24(11-5-1)16-18-28-22-20-26(30-28)14-8-3-9-15-27-21-23-29(31-27)19-17-25-12-6-2-7-13-25/h1-2,4-7,10-13,26-29H,3,8-9,14-23H2. The maximum Gasteiger partial charge on any atom is 0.0583 e. The van der Waals surface area contributed by atoms with E-state index >= 15 is 0 Å². The Morgan fingerprint density at radius 2 is 0.871 bits per heavy atom. The molecule has 0 radical (unpaired) electrons. The van der Waals surface area contributed by atoms with E-state index in [2.05, 4.69) is 60.7 Å². The Hall–Kier alpha value is -1.64. The Morgan fingerprint density at radius 3 is 1.29 bits per heavy atom. The van der Waals surface area contributed by atoms with Crippen LogP contribution in [0.4, 0.5) is 0 Å². The second-order valence-electron chi connectivity index (χ2n) is 9.60. The van der Waals surface area contributed by atoms with Crippen molar-refractivity contribution in [2.75, 3.05) is 0 Å². The van der Waals surface area contributed by atoms with Crippen molar-refractivity contribution < 1.29 is 9.47 Å². The lowest BCUT2D eigenvalue weighted by atomic mass is 10.0. The fourth-order valence-electron chi connectivity index (χ4n) is 5.28. The van der Waals surface area contributed by atoms with E-state index in [1.54, 1.807) is 0 Å². The zero-order valence-electron chi connectivity index (χ0n) is 19.1. The molecule has 0 aromatic heterocycles. The van der Waals surface area contributed by atoms with Gasteiger partial charge in [0.25, 0.3) is 0 Å². The topological polar surface area (TPSA) is 18.5 Å². The van der Waals surface area contributed by atoms with E-state index in [1.165, 1.54) is 81.8 Å². The van der Waals surface area contributed by atoms with Crippen LogP contribution >= 0.6 is 0 Å². The largest absolute Gasteiger partial charge is 0.375 e. The smallest absolute Gasteiger partial charge is 0.0583 e. The number of aryl methyl sites for hydroxylation is 2. The molecule has 31 heavy (non-hydrogen) atoms. The van der Waals surface area contributed by atoms with Gasteiger partial charge >= 0.3 is 0 Å². The van der Waals surface area contributed by atoms with Gasteiger partial charge in [0.2, 0.25) is 0 Å². The minimum Gasteiger partial charge on any atom is -0.375 e. The van der Waals surface area contributed by atoms with E-state index in [9.17, 15) is 0 Å². The average molecular weight is 421 g/mol.